The summed E-state index contributed by atoms with van der Waals surface area (Å²) in [6.45, 7) is 6.75. The van der Waals surface area contributed by atoms with Gasteiger partial charge < -0.3 is 10.4 Å². The van der Waals surface area contributed by atoms with Crippen LogP contribution in [-0.4, -0.2) is 75.2 Å². The van der Waals surface area contributed by atoms with E-state index in [9.17, 15) is 9.90 Å². The van der Waals surface area contributed by atoms with Gasteiger partial charge in [0.25, 0.3) is 0 Å². The van der Waals surface area contributed by atoms with E-state index in [0.29, 0.717) is 6.04 Å². The summed E-state index contributed by atoms with van der Waals surface area (Å²) in [6, 6.07) is 13.3. The number of fused-ring (bicyclic) bond motifs is 1. The maximum atomic E-state index is 11.2. The quantitative estimate of drug-likeness (QED) is 0.558. The number of pyridine rings is 1. The van der Waals surface area contributed by atoms with E-state index < -0.39 is 5.97 Å². The molecule has 0 saturated carbocycles. The average Bonchev–Trinajstić information content (AvgIpc) is 3.22. The van der Waals surface area contributed by atoms with Gasteiger partial charge in [-0.25, -0.2) is 8.82 Å². The fourth-order valence-corrected chi connectivity index (χ4v) is 5.86. The van der Waals surface area contributed by atoms with Crippen molar-refractivity contribution in [1.82, 2.24) is 24.1 Å². The highest BCUT2D eigenvalue weighted by Crippen LogP contribution is 2.35. The number of carboxylic acid groups (broad SMARTS) is 1. The van der Waals surface area contributed by atoms with Gasteiger partial charge in [0.15, 0.2) is 0 Å². The SMILES string of the molecule is O=C(O)Cc1cnn2ccc(-c3ccccc3SN3CCC(N4CCNCC4)CC3)cc12. The molecule has 8 heteroatoms. The van der Waals surface area contributed by atoms with Gasteiger partial charge in [-0.1, -0.05) is 18.2 Å². The van der Waals surface area contributed by atoms with Crippen molar-refractivity contribution in [3.8, 4) is 11.1 Å². The molecule has 5 rings (SSSR count). The number of nitrogens with zero attached hydrogens (tertiary/aromatic N) is 4. The number of nitrogens with one attached hydrogen (secondary N) is 1. The Hall–Kier alpha value is -2.39. The van der Waals surface area contributed by atoms with Gasteiger partial charge in [-0.2, -0.15) is 5.10 Å². The lowest BCUT2D eigenvalue weighted by Gasteiger charge is -2.40. The van der Waals surface area contributed by atoms with Crippen LogP contribution < -0.4 is 5.32 Å². The molecule has 0 atom stereocenters. The summed E-state index contributed by atoms with van der Waals surface area (Å²) in [5, 5.41) is 17.0. The predicted octanol–water partition coefficient (Wildman–Crippen LogP) is 3.01. The number of rotatable bonds is 6. The van der Waals surface area contributed by atoms with Gasteiger partial charge in [0, 0.05) is 62.0 Å². The van der Waals surface area contributed by atoms with Gasteiger partial charge >= 0.3 is 5.97 Å². The van der Waals surface area contributed by atoms with Crippen molar-refractivity contribution in [2.24, 2.45) is 0 Å². The number of hydrogen-bond donors (Lipinski definition) is 2. The Morgan fingerprint density at radius 3 is 2.69 bits per heavy atom. The Morgan fingerprint density at radius 1 is 1.12 bits per heavy atom. The number of piperazine rings is 1. The molecule has 32 heavy (non-hydrogen) atoms. The molecular weight excluding hydrogens is 422 g/mol. The molecule has 2 aliphatic rings. The fraction of sp³-hybridized carbons (Fsp3) is 0.417. The summed E-state index contributed by atoms with van der Waals surface area (Å²) in [5.74, 6) is -0.842. The molecular formula is C24H29N5O2S. The van der Waals surface area contributed by atoms with E-state index in [1.54, 1.807) is 10.7 Å². The summed E-state index contributed by atoms with van der Waals surface area (Å²) in [6.07, 6.45) is 5.98. The van der Waals surface area contributed by atoms with Crippen LogP contribution in [0.25, 0.3) is 16.6 Å². The zero-order valence-electron chi connectivity index (χ0n) is 18.1. The van der Waals surface area contributed by atoms with Crippen molar-refractivity contribution in [2.45, 2.75) is 30.2 Å². The summed E-state index contributed by atoms with van der Waals surface area (Å²) < 4.78 is 4.24. The molecule has 0 spiro atoms. The first-order valence-corrected chi connectivity index (χ1v) is 12.1. The standard InChI is InChI=1S/C24H29N5O2S/c30-24(31)16-19-17-26-29-12-5-18(15-22(19)29)21-3-1-2-4-23(21)32-28-10-6-20(7-11-28)27-13-8-25-9-14-27/h1-5,12,15,17,20,25H,6-11,13-14,16H2,(H,30,31). The van der Waals surface area contributed by atoms with E-state index >= 15 is 0 Å². The molecule has 2 aliphatic heterocycles. The molecule has 4 heterocycles. The monoisotopic (exact) mass is 451 g/mol. The van der Waals surface area contributed by atoms with Gasteiger partial charge in [0.05, 0.1) is 18.1 Å². The third-order valence-electron chi connectivity index (χ3n) is 6.46. The fourth-order valence-electron chi connectivity index (χ4n) is 4.77. The maximum absolute atomic E-state index is 11.2. The molecule has 0 aliphatic carbocycles. The molecule has 0 bridgehead atoms. The van der Waals surface area contributed by atoms with Gasteiger partial charge in [-0.15, -0.1) is 0 Å². The van der Waals surface area contributed by atoms with E-state index in [4.69, 9.17) is 0 Å². The highest BCUT2D eigenvalue weighted by atomic mass is 32.2. The van der Waals surface area contributed by atoms with Gasteiger partial charge in [-0.05, 0) is 54.1 Å². The molecule has 7 nitrogen and oxygen atoms in total. The summed E-state index contributed by atoms with van der Waals surface area (Å²) >= 11 is 1.84. The largest absolute Gasteiger partial charge is 0.481 e. The molecule has 0 amide bonds. The maximum Gasteiger partial charge on any atom is 0.307 e. The molecule has 0 unspecified atom stereocenters. The molecule has 2 fully saturated rings. The molecule has 0 radical (unpaired) electrons. The number of carbonyl (C=O) groups is 1. The van der Waals surface area contributed by atoms with Gasteiger partial charge in [0.1, 0.15) is 0 Å². The molecule has 2 aromatic heterocycles. The lowest BCUT2D eigenvalue weighted by Crippen LogP contribution is -2.51. The van der Waals surface area contributed by atoms with Crippen molar-refractivity contribution < 1.29 is 9.90 Å². The van der Waals surface area contributed by atoms with Crippen LogP contribution in [0.5, 0.6) is 0 Å². The lowest BCUT2D eigenvalue weighted by atomic mass is 10.0. The third kappa shape index (κ3) is 4.68. The van der Waals surface area contributed by atoms with Crippen molar-refractivity contribution in [1.29, 1.82) is 0 Å². The smallest absolute Gasteiger partial charge is 0.307 e. The van der Waals surface area contributed by atoms with E-state index in [1.807, 2.05) is 18.1 Å². The van der Waals surface area contributed by atoms with Crippen LogP contribution in [0, 0.1) is 0 Å². The zero-order chi connectivity index (χ0) is 21.9. The topological polar surface area (TPSA) is 73.1 Å². The molecule has 168 valence electrons. The predicted molar refractivity (Wildman–Crippen MR) is 127 cm³/mol. The van der Waals surface area contributed by atoms with Crippen molar-refractivity contribution in [2.75, 3.05) is 39.3 Å². The Balaban J connectivity index is 1.32. The number of carboxylic acids is 1. The highest BCUT2D eigenvalue weighted by molar-refractivity contribution is 7.97. The van der Waals surface area contributed by atoms with Crippen LogP contribution in [0.3, 0.4) is 0 Å². The second kappa shape index (κ2) is 9.62. The van der Waals surface area contributed by atoms with E-state index in [0.717, 1.165) is 42.8 Å². The Labute approximate surface area is 192 Å². The first-order chi connectivity index (χ1) is 15.7. The number of benzene rings is 1. The Morgan fingerprint density at radius 2 is 1.91 bits per heavy atom. The second-order valence-electron chi connectivity index (χ2n) is 8.52. The average molecular weight is 452 g/mol. The van der Waals surface area contributed by atoms with Crippen LogP contribution in [0.1, 0.15) is 18.4 Å². The number of piperidine rings is 1. The first-order valence-electron chi connectivity index (χ1n) is 11.3. The van der Waals surface area contributed by atoms with Crippen molar-refractivity contribution in [3.63, 3.8) is 0 Å². The highest BCUT2D eigenvalue weighted by Gasteiger charge is 2.26. The number of aliphatic carboxylic acids is 1. The first kappa shape index (κ1) is 21.5. The zero-order valence-corrected chi connectivity index (χ0v) is 18.9. The van der Waals surface area contributed by atoms with Crippen LogP contribution in [0.15, 0.2) is 53.7 Å². The molecule has 2 saturated heterocycles. The third-order valence-corrected chi connectivity index (χ3v) is 7.64. The summed E-state index contributed by atoms with van der Waals surface area (Å²) in [7, 11) is 0. The van der Waals surface area contributed by atoms with E-state index in [-0.39, 0.29) is 6.42 Å². The van der Waals surface area contributed by atoms with Crippen LogP contribution in [-0.2, 0) is 11.2 Å². The Kier molecular flexibility index (Phi) is 6.45. The van der Waals surface area contributed by atoms with E-state index in [1.165, 1.54) is 36.4 Å². The molecule has 2 N–H and O–H groups in total. The van der Waals surface area contributed by atoms with Crippen molar-refractivity contribution in [3.05, 3.63) is 54.4 Å². The summed E-state index contributed by atoms with van der Waals surface area (Å²) in [5.41, 5.74) is 3.84. The number of hydrogen-bond acceptors (Lipinski definition) is 6. The Bertz CT molecular complexity index is 1090. The minimum Gasteiger partial charge on any atom is -0.481 e. The normalized spacial score (nSPS) is 18.9. The van der Waals surface area contributed by atoms with E-state index in [2.05, 4.69) is 56.0 Å². The second-order valence-corrected chi connectivity index (χ2v) is 9.66. The molecule has 1 aromatic carbocycles. The van der Waals surface area contributed by atoms with Crippen molar-refractivity contribution >= 4 is 23.4 Å². The summed E-state index contributed by atoms with van der Waals surface area (Å²) in [4.78, 5) is 15.1. The molecule has 3 aromatic rings. The van der Waals surface area contributed by atoms with Gasteiger partial charge in [0.2, 0.25) is 0 Å². The van der Waals surface area contributed by atoms with Crippen LogP contribution >= 0.6 is 11.9 Å². The minimum absolute atomic E-state index is 0.0224. The van der Waals surface area contributed by atoms with Gasteiger partial charge in [-0.3, -0.25) is 9.69 Å². The van der Waals surface area contributed by atoms with Crippen LogP contribution in [0.4, 0.5) is 0 Å². The van der Waals surface area contributed by atoms with Crippen LogP contribution in [0.2, 0.25) is 0 Å². The number of aromatic nitrogens is 2. The lowest BCUT2D eigenvalue weighted by molar-refractivity contribution is -0.136. The minimum atomic E-state index is -0.842.